The fourth-order valence-electron chi connectivity index (χ4n) is 8.00. The fourth-order valence-corrected chi connectivity index (χ4v) is 8.00. The SMILES string of the molecule is CCC(CCCCCCCCC(=O)OCCCC(C)C)CCC(=O)OCCCC(C)C.CCCCCCCOC(=O)CCCCCCCCC(CC)CCC(=O)OCCCCCCC. The molecule has 0 radical (unpaired) electrons. The zero-order chi connectivity index (χ0) is 47.7. The smallest absolute Gasteiger partial charge is 0.305 e. The van der Waals surface area contributed by atoms with Crippen molar-refractivity contribution in [1.29, 1.82) is 0 Å². The fraction of sp³-hybridized carbons (Fsp3) is 0.929. The van der Waals surface area contributed by atoms with Crippen molar-refractivity contribution in [3.05, 3.63) is 0 Å². The van der Waals surface area contributed by atoms with Crippen LogP contribution in [-0.2, 0) is 38.1 Å². The van der Waals surface area contributed by atoms with Crippen molar-refractivity contribution in [2.24, 2.45) is 23.7 Å². The quantitative estimate of drug-likeness (QED) is 0.0338. The molecule has 2 atom stereocenters. The lowest BCUT2D eigenvalue weighted by Gasteiger charge is -2.14. The summed E-state index contributed by atoms with van der Waals surface area (Å²) in [7, 11) is 0. The summed E-state index contributed by atoms with van der Waals surface area (Å²) in [5, 5.41) is 0. The maximum atomic E-state index is 11.9. The second-order valence-corrected chi connectivity index (χ2v) is 19.7. The van der Waals surface area contributed by atoms with Gasteiger partial charge in [0.2, 0.25) is 0 Å². The molecule has 0 rings (SSSR count). The van der Waals surface area contributed by atoms with Gasteiger partial charge in [0, 0.05) is 25.7 Å². The van der Waals surface area contributed by atoms with E-state index in [4.69, 9.17) is 18.9 Å². The van der Waals surface area contributed by atoms with E-state index in [0.717, 1.165) is 89.9 Å². The molecule has 8 heteroatoms. The molecular weight excluding hydrogens is 801 g/mol. The van der Waals surface area contributed by atoms with Crippen molar-refractivity contribution in [1.82, 2.24) is 0 Å². The van der Waals surface area contributed by atoms with E-state index in [1.807, 2.05) is 0 Å². The normalized spacial score (nSPS) is 12.2. The van der Waals surface area contributed by atoms with E-state index in [1.54, 1.807) is 0 Å². The van der Waals surface area contributed by atoms with Gasteiger partial charge in [0.25, 0.3) is 0 Å². The van der Waals surface area contributed by atoms with Crippen molar-refractivity contribution < 1.29 is 38.1 Å². The molecule has 0 spiro atoms. The number of carbonyl (C=O) groups is 4. The second kappa shape index (κ2) is 50.3. The van der Waals surface area contributed by atoms with Gasteiger partial charge in [-0.3, -0.25) is 19.2 Å². The van der Waals surface area contributed by atoms with Crippen molar-refractivity contribution >= 4 is 23.9 Å². The van der Waals surface area contributed by atoms with Gasteiger partial charge in [-0.15, -0.1) is 0 Å². The summed E-state index contributed by atoms with van der Waals surface area (Å²) in [6.07, 6.45) is 38.9. The maximum absolute atomic E-state index is 11.9. The second-order valence-electron chi connectivity index (χ2n) is 19.7. The highest BCUT2D eigenvalue weighted by Gasteiger charge is 2.12. The van der Waals surface area contributed by atoms with Crippen LogP contribution < -0.4 is 0 Å². The van der Waals surface area contributed by atoms with Gasteiger partial charge in [0.15, 0.2) is 0 Å². The zero-order valence-corrected chi connectivity index (χ0v) is 43.9. The largest absolute Gasteiger partial charge is 0.466 e. The van der Waals surface area contributed by atoms with E-state index >= 15 is 0 Å². The van der Waals surface area contributed by atoms with Crippen LogP contribution in [0.4, 0.5) is 0 Å². The van der Waals surface area contributed by atoms with E-state index in [1.165, 1.54) is 116 Å². The van der Waals surface area contributed by atoms with Crippen LogP contribution in [0, 0.1) is 23.7 Å². The highest BCUT2D eigenvalue weighted by atomic mass is 16.5. The van der Waals surface area contributed by atoms with Crippen LogP contribution in [0.5, 0.6) is 0 Å². The molecule has 0 aromatic rings. The van der Waals surface area contributed by atoms with Crippen LogP contribution in [0.25, 0.3) is 0 Å². The predicted molar refractivity (Wildman–Crippen MR) is 269 cm³/mol. The van der Waals surface area contributed by atoms with E-state index in [2.05, 4.69) is 55.4 Å². The first kappa shape index (κ1) is 64.0. The number of unbranched alkanes of at least 4 members (excludes halogenated alkanes) is 18. The van der Waals surface area contributed by atoms with E-state index in [-0.39, 0.29) is 23.9 Å². The third kappa shape index (κ3) is 50.9. The number of esters is 4. The first-order valence-electron chi connectivity index (χ1n) is 27.6. The standard InChI is InChI=1S/C29H56O4.C27H52O4/c1-4-7-9-15-19-25-32-28(30)22-18-14-12-11-13-17-21-27(6-3)23-24-29(31)33-26-20-16-10-8-5-2;1-6-25(19-20-27(29)31-22-14-16-24(4)5)17-11-9-7-8-10-12-18-26(28)30-21-13-15-23(2)3/h27H,4-26H2,1-3H3;23-25H,6-22H2,1-5H3. The number of ether oxygens (including phenoxy) is 4. The Morgan fingerprint density at radius 3 is 0.906 bits per heavy atom. The monoisotopic (exact) mass is 909 g/mol. The van der Waals surface area contributed by atoms with Crippen LogP contribution in [0.2, 0.25) is 0 Å². The molecule has 0 fully saturated rings. The molecule has 64 heavy (non-hydrogen) atoms. The van der Waals surface area contributed by atoms with Gasteiger partial charge in [-0.1, -0.05) is 197 Å². The maximum Gasteiger partial charge on any atom is 0.305 e. The summed E-state index contributed by atoms with van der Waals surface area (Å²) in [6, 6.07) is 0. The lowest BCUT2D eigenvalue weighted by Crippen LogP contribution is -2.09. The third-order valence-corrected chi connectivity index (χ3v) is 12.6. The van der Waals surface area contributed by atoms with Gasteiger partial charge < -0.3 is 18.9 Å². The Morgan fingerprint density at radius 2 is 0.578 bits per heavy atom. The minimum absolute atomic E-state index is 0.0149. The molecule has 0 heterocycles. The minimum atomic E-state index is -0.0343. The van der Waals surface area contributed by atoms with Gasteiger partial charge in [-0.05, 0) is 87.9 Å². The van der Waals surface area contributed by atoms with E-state index in [9.17, 15) is 19.2 Å². The van der Waals surface area contributed by atoms with Gasteiger partial charge in [0.05, 0.1) is 26.4 Å². The minimum Gasteiger partial charge on any atom is -0.466 e. The third-order valence-electron chi connectivity index (χ3n) is 12.6. The number of carbonyl (C=O) groups excluding carboxylic acids is 4. The molecule has 8 nitrogen and oxygen atoms in total. The van der Waals surface area contributed by atoms with Crippen molar-refractivity contribution in [3.63, 3.8) is 0 Å². The summed E-state index contributed by atoms with van der Waals surface area (Å²) in [4.78, 5) is 47.2. The van der Waals surface area contributed by atoms with E-state index < -0.39 is 0 Å². The molecule has 0 aliphatic heterocycles. The van der Waals surface area contributed by atoms with E-state index in [0.29, 0.717) is 75.8 Å². The number of hydrogen-bond acceptors (Lipinski definition) is 8. The average molecular weight is 909 g/mol. The topological polar surface area (TPSA) is 105 Å². The Balaban J connectivity index is 0. The molecule has 0 saturated heterocycles. The Kier molecular flexibility index (Phi) is 50.3. The number of hydrogen-bond donors (Lipinski definition) is 0. The molecule has 0 aliphatic rings. The Morgan fingerprint density at radius 1 is 0.297 bits per heavy atom. The van der Waals surface area contributed by atoms with Crippen LogP contribution in [0.15, 0.2) is 0 Å². The van der Waals surface area contributed by atoms with Gasteiger partial charge >= 0.3 is 23.9 Å². The molecule has 0 aromatic carbocycles. The molecule has 2 unspecified atom stereocenters. The summed E-state index contributed by atoms with van der Waals surface area (Å²) >= 11 is 0. The average Bonchev–Trinajstić information content (AvgIpc) is 3.27. The highest BCUT2D eigenvalue weighted by molar-refractivity contribution is 5.70. The molecule has 0 amide bonds. The first-order chi connectivity index (χ1) is 31.0. The lowest BCUT2D eigenvalue weighted by atomic mass is 9.93. The van der Waals surface area contributed by atoms with Crippen molar-refractivity contribution in [3.8, 4) is 0 Å². The molecule has 0 saturated carbocycles. The zero-order valence-electron chi connectivity index (χ0n) is 43.9. The molecule has 0 bridgehead atoms. The van der Waals surface area contributed by atoms with Gasteiger partial charge in [-0.2, -0.15) is 0 Å². The summed E-state index contributed by atoms with van der Waals surface area (Å²) in [5.74, 6) is 2.52. The summed E-state index contributed by atoms with van der Waals surface area (Å²) in [5.41, 5.74) is 0. The van der Waals surface area contributed by atoms with Gasteiger partial charge in [0.1, 0.15) is 0 Å². The van der Waals surface area contributed by atoms with Crippen LogP contribution in [0.3, 0.4) is 0 Å². The summed E-state index contributed by atoms with van der Waals surface area (Å²) in [6.45, 7) is 20.0. The number of rotatable bonds is 46. The molecule has 380 valence electrons. The van der Waals surface area contributed by atoms with Crippen LogP contribution in [0.1, 0.15) is 287 Å². The van der Waals surface area contributed by atoms with Crippen LogP contribution in [-0.4, -0.2) is 50.3 Å². The molecule has 0 N–H and O–H groups in total. The van der Waals surface area contributed by atoms with Crippen LogP contribution >= 0.6 is 0 Å². The first-order valence-corrected chi connectivity index (χ1v) is 27.6. The summed E-state index contributed by atoms with van der Waals surface area (Å²) < 4.78 is 21.3. The Hall–Kier alpha value is -2.12. The van der Waals surface area contributed by atoms with Crippen molar-refractivity contribution in [2.75, 3.05) is 26.4 Å². The Bertz CT molecular complexity index is 1030. The molecule has 0 aliphatic carbocycles. The van der Waals surface area contributed by atoms with Gasteiger partial charge in [-0.25, -0.2) is 0 Å². The van der Waals surface area contributed by atoms with Crippen molar-refractivity contribution in [2.45, 2.75) is 287 Å². The lowest BCUT2D eigenvalue weighted by molar-refractivity contribution is -0.145. The predicted octanol–water partition coefficient (Wildman–Crippen LogP) is 16.8. The molecule has 0 aromatic heterocycles. The highest BCUT2D eigenvalue weighted by Crippen LogP contribution is 2.22. The Labute approximate surface area is 397 Å². The molecular formula is C56H108O8.